The van der Waals surface area contributed by atoms with Gasteiger partial charge in [-0.3, -0.25) is 4.40 Å². The Bertz CT molecular complexity index is 2000. The second-order valence-corrected chi connectivity index (χ2v) is 9.21. The summed E-state index contributed by atoms with van der Waals surface area (Å²) in [4.78, 5) is 9.78. The van der Waals surface area contributed by atoms with Crippen molar-refractivity contribution in [2.75, 3.05) is 0 Å². The number of rotatable bonds is 3. The highest BCUT2D eigenvalue weighted by atomic mass is 15.0. The summed E-state index contributed by atoms with van der Waals surface area (Å²) in [5.74, 6) is 0. The van der Waals surface area contributed by atoms with Crippen LogP contribution in [-0.2, 0) is 0 Å². The summed E-state index contributed by atoms with van der Waals surface area (Å²) < 4.78 is 4.35. The van der Waals surface area contributed by atoms with E-state index < -0.39 is 0 Å². The van der Waals surface area contributed by atoms with Gasteiger partial charge in [0.25, 0.3) is 0 Å². The lowest BCUT2D eigenvalue weighted by atomic mass is 10.00. The van der Waals surface area contributed by atoms with E-state index in [0.717, 1.165) is 33.8 Å². The van der Waals surface area contributed by atoms with E-state index in [1.165, 1.54) is 32.9 Å². The number of hydrogen-bond acceptors (Lipinski definition) is 2. The molecule has 8 rings (SSSR count). The molecule has 36 heavy (non-hydrogen) atoms. The molecule has 0 aliphatic carbocycles. The van der Waals surface area contributed by atoms with Crippen LogP contribution in [0.3, 0.4) is 0 Å². The van der Waals surface area contributed by atoms with Crippen molar-refractivity contribution in [2.24, 2.45) is 0 Å². The molecule has 0 fully saturated rings. The molecule has 0 N–H and O–H groups in total. The number of imidazole rings is 2. The maximum atomic E-state index is 5.01. The van der Waals surface area contributed by atoms with Crippen molar-refractivity contribution in [3.63, 3.8) is 0 Å². The normalized spacial score (nSPS) is 11.9. The van der Waals surface area contributed by atoms with Gasteiger partial charge in [-0.15, -0.1) is 0 Å². The summed E-state index contributed by atoms with van der Waals surface area (Å²) in [5.41, 5.74) is 10.9. The fraction of sp³-hybridized carbons (Fsp3) is 0. The zero-order valence-electron chi connectivity index (χ0n) is 19.3. The van der Waals surface area contributed by atoms with E-state index >= 15 is 0 Å². The zero-order valence-corrected chi connectivity index (χ0v) is 19.3. The highest BCUT2D eigenvalue weighted by Crippen LogP contribution is 2.39. The molecule has 0 spiro atoms. The molecular weight excluding hydrogens is 440 g/mol. The van der Waals surface area contributed by atoms with Crippen molar-refractivity contribution in [3.8, 4) is 33.6 Å². The van der Waals surface area contributed by atoms with Gasteiger partial charge in [-0.2, -0.15) is 0 Å². The predicted octanol–water partition coefficient (Wildman–Crippen LogP) is 7.73. The number of nitrogens with zero attached hydrogens (tertiary/aromatic N) is 4. The molecule has 0 radical (unpaired) electrons. The molecule has 168 valence electrons. The third-order valence-corrected chi connectivity index (χ3v) is 7.12. The summed E-state index contributed by atoms with van der Waals surface area (Å²) in [5, 5.41) is 2.48. The molecule has 0 atom stereocenters. The van der Waals surface area contributed by atoms with Gasteiger partial charge in [0.2, 0.25) is 0 Å². The monoisotopic (exact) mass is 460 g/mol. The molecule has 3 aromatic carbocycles. The smallest absolute Gasteiger partial charge is 0.138 e. The average molecular weight is 461 g/mol. The van der Waals surface area contributed by atoms with Crippen molar-refractivity contribution in [1.29, 1.82) is 0 Å². The van der Waals surface area contributed by atoms with Crippen LogP contribution < -0.4 is 0 Å². The topological polar surface area (TPSA) is 34.6 Å². The number of aromatic nitrogens is 4. The zero-order chi connectivity index (χ0) is 23.6. The van der Waals surface area contributed by atoms with Gasteiger partial charge in [0.05, 0.1) is 22.4 Å². The van der Waals surface area contributed by atoms with Gasteiger partial charge in [0.1, 0.15) is 11.3 Å². The Morgan fingerprint density at radius 1 is 0.528 bits per heavy atom. The van der Waals surface area contributed by atoms with Crippen LogP contribution in [-0.4, -0.2) is 18.8 Å². The molecule has 0 bridgehead atoms. The molecule has 0 aliphatic heterocycles. The van der Waals surface area contributed by atoms with Gasteiger partial charge in [0, 0.05) is 34.3 Å². The maximum Gasteiger partial charge on any atom is 0.138 e. The summed E-state index contributed by atoms with van der Waals surface area (Å²) in [6, 6.07) is 38.4. The van der Waals surface area contributed by atoms with Crippen LogP contribution in [0, 0.1) is 0 Å². The van der Waals surface area contributed by atoms with Crippen molar-refractivity contribution >= 4 is 33.1 Å². The minimum atomic E-state index is 0.955. The Morgan fingerprint density at radius 2 is 1.31 bits per heavy atom. The summed E-state index contributed by atoms with van der Waals surface area (Å²) in [6.45, 7) is 0. The standard InChI is InChI=1S/C32H20N4/c1-2-7-23(8-3-1)31-32-26-19-24(16-17-25(26)28-9-6-11-30(34-31)36(28)32)21-12-14-22(15-13-21)27-20-35-18-5-4-10-29(35)33-27/h1-20H. The van der Waals surface area contributed by atoms with Crippen LogP contribution in [0.15, 0.2) is 122 Å². The second kappa shape index (κ2) is 7.27. The Hall–Kier alpha value is -4.96. The Labute approximate surface area is 207 Å². The van der Waals surface area contributed by atoms with E-state index in [9.17, 15) is 0 Å². The lowest BCUT2D eigenvalue weighted by Crippen LogP contribution is -1.82. The van der Waals surface area contributed by atoms with E-state index in [1.807, 2.05) is 30.5 Å². The SMILES string of the molecule is c1ccc(-c2nc3cccc4c5ccc(-c6ccc(-c7cn8ccccc8n7)cc6)cc5c2n34)cc1. The van der Waals surface area contributed by atoms with Crippen LogP contribution in [0.5, 0.6) is 0 Å². The van der Waals surface area contributed by atoms with Gasteiger partial charge >= 0.3 is 0 Å². The maximum absolute atomic E-state index is 5.01. The quantitative estimate of drug-likeness (QED) is 0.270. The Kier molecular flexibility index (Phi) is 3.91. The van der Waals surface area contributed by atoms with E-state index in [2.05, 4.69) is 99.9 Å². The fourth-order valence-corrected chi connectivity index (χ4v) is 5.40. The van der Waals surface area contributed by atoms with Gasteiger partial charge in [-0.05, 0) is 41.5 Å². The number of fused-ring (bicyclic) bond motifs is 4. The molecule has 5 aromatic heterocycles. The molecule has 0 unspecified atom stereocenters. The molecule has 4 heteroatoms. The van der Waals surface area contributed by atoms with Crippen LogP contribution >= 0.6 is 0 Å². The van der Waals surface area contributed by atoms with Crippen LogP contribution in [0.2, 0.25) is 0 Å². The minimum absolute atomic E-state index is 0.955. The number of hydrogen-bond donors (Lipinski definition) is 0. The largest absolute Gasteiger partial charge is 0.306 e. The first-order valence-electron chi connectivity index (χ1n) is 12.1. The lowest BCUT2D eigenvalue weighted by Gasteiger charge is -2.05. The molecule has 5 heterocycles. The molecule has 8 aromatic rings. The molecule has 0 saturated carbocycles. The first-order valence-corrected chi connectivity index (χ1v) is 12.1. The fourth-order valence-electron chi connectivity index (χ4n) is 5.40. The van der Waals surface area contributed by atoms with E-state index in [1.54, 1.807) is 0 Å². The molecule has 0 amide bonds. The van der Waals surface area contributed by atoms with Crippen LogP contribution in [0.4, 0.5) is 0 Å². The Morgan fingerprint density at radius 3 is 2.17 bits per heavy atom. The average Bonchev–Trinajstić information content (AvgIpc) is 3.64. The summed E-state index contributed by atoms with van der Waals surface area (Å²) in [6.07, 6.45) is 4.10. The third kappa shape index (κ3) is 2.75. The number of pyridine rings is 2. The molecule has 0 aliphatic rings. The van der Waals surface area contributed by atoms with Crippen LogP contribution in [0.1, 0.15) is 0 Å². The highest BCUT2D eigenvalue weighted by molar-refractivity contribution is 6.14. The summed E-state index contributed by atoms with van der Waals surface area (Å²) in [7, 11) is 0. The minimum Gasteiger partial charge on any atom is -0.306 e. The van der Waals surface area contributed by atoms with Gasteiger partial charge in [-0.1, -0.05) is 78.9 Å². The van der Waals surface area contributed by atoms with Crippen molar-refractivity contribution in [3.05, 3.63) is 122 Å². The van der Waals surface area contributed by atoms with E-state index in [-0.39, 0.29) is 0 Å². The third-order valence-electron chi connectivity index (χ3n) is 7.12. The van der Waals surface area contributed by atoms with E-state index in [0.29, 0.717) is 0 Å². The highest BCUT2D eigenvalue weighted by Gasteiger charge is 2.19. The first kappa shape index (κ1) is 19.4. The second-order valence-electron chi connectivity index (χ2n) is 9.21. The first-order chi connectivity index (χ1) is 17.8. The van der Waals surface area contributed by atoms with E-state index in [4.69, 9.17) is 9.97 Å². The molecular formula is C32H20N4. The predicted molar refractivity (Wildman–Crippen MR) is 146 cm³/mol. The number of benzene rings is 3. The van der Waals surface area contributed by atoms with Crippen molar-refractivity contribution in [1.82, 2.24) is 18.8 Å². The summed E-state index contributed by atoms with van der Waals surface area (Å²) >= 11 is 0. The van der Waals surface area contributed by atoms with Gasteiger partial charge in [-0.25, -0.2) is 9.97 Å². The van der Waals surface area contributed by atoms with Crippen LogP contribution in [0.25, 0.3) is 66.7 Å². The molecule has 4 nitrogen and oxygen atoms in total. The Balaban J connectivity index is 1.29. The molecule has 0 saturated heterocycles. The lowest BCUT2D eigenvalue weighted by molar-refractivity contribution is 1.19. The van der Waals surface area contributed by atoms with Crippen molar-refractivity contribution < 1.29 is 0 Å². The van der Waals surface area contributed by atoms with Crippen molar-refractivity contribution in [2.45, 2.75) is 0 Å². The van der Waals surface area contributed by atoms with Gasteiger partial charge in [0.15, 0.2) is 0 Å². The van der Waals surface area contributed by atoms with Gasteiger partial charge < -0.3 is 4.40 Å².